The monoisotopic (exact) mass is 312 g/mol. The zero-order chi connectivity index (χ0) is 16.9. The highest BCUT2D eigenvalue weighted by molar-refractivity contribution is 5.94. The molecule has 6 nitrogen and oxygen atoms in total. The van der Waals surface area contributed by atoms with Gasteiger partial charge in [0, 0.05) is 11.6 Å². The first-order chi connectivity index (χ1) is 10.9. The molecule has 1 heterocycles. The average molecular weight is 312 g/mol. The van der Waals surface area contributed by atoms with Gasteiger partial charge in [0.2, 0.25) is 5.91 Å². The zero-order valence-electron chi connectivity index (χ0n) is 13.5. The van der Waals surface area contributed by atoms with Gasteiger partial charge >= 0.3 is 0 Å². The number of rotatable bonds is 5. The molecule has 2 rings (SSSR count). The van der Waals surface area contributed by atoms with Crippen LogP contribution in [0.1, 0.15) is 26.3 Å². The molecule has 23 heavy (non-hydrogen) atoms. The number of nitrogens with one attached hydrogen (secondary N) is 1. The molecule has 0 radical (unpaired) electrons. The van der Waals surface area contributed by atoms with Gasteiger partial charge in [0.15, 0.2) is 0 Å². The first kappa shape index (κ1) is 16.6. The molecule has 0 unspecified atom stereocenters. The fourth-order valence-electron chi connectivity index (χ4n) is 1.78. The van der Waals surface area contributed by atoms with Gasteiger partial charge in [0.05, 0.1) is 30.1 Å². The first-order valence-electron chi connectivity index (χ1n) is 7.35. The van der Waals surface area contributed by atoms with E-state index in [2.05, 4.69) is 16.5 Å². The van der Waals surface area contributed by atoms with Crippen molar-refractivity contribution in [3.8, 4) is 11.8 Å². The van der Waals surface area contributed by atoms with E-state index in [0.717, 1.165) is 0 Å². The molecule has 0 saturated carbocycles. The van der Waals surface area contributed by atoms with E-state index >= 15 is 0 Å². The van der Waals surface area contributed by atoms with Crippen molar-refractivity contribution in [1.82, 2.24) is 9.78 Å². The van der Waals surface area contributed by atoms with E-state index in [-0.39, 0.29) is 5.91 Å². The lowest BCUT2D eigenvalue weighted by atomic mass is 9.96. The van der Waals surface area contributed by atoms with E-state index in [4.69, 9.17) is 10.00 Å². The van der Waals surface area contributed by atoms with Gasteiger partial charge in [0.25, 0.3) is 0 Å². The standard InChI is InChI=1S/C17H20N4O2/c1-17(2,3)16(22)20-14-11-19-21(12-14)7-8-23-15-6-4-5-13(9-15)10-18/h4-6,9,11-12H,7-8H2,1-3H3,(H,20,22). The number of benzene rings is 1. The second-order valence-corrected chi connectivity index (χ2v) is 6.18. The highest BCUT2D eigenvalue weighted by Crippen LogP contribution is 2.17. The van der Waals surface area contributed by atoms with Crippen molar-refractivity contribution in [2.75, 3.05) is 11.9 Å². The SMILES string of the molecule is CC(C)(C)C(=O)Nc1cnn(CCOc2cccc(C#N)c2)c1. The molecule has 0 fully saturated rings. The summed E-state index contributed by atoms with van der Waals surface area (Å²) in [7, 11) is 0. The molecule has 1 N–H and O–H groups in total. The third kappa shape index (κ3) is 4.85. The van der Waals surface area contributed by atoms with Crippen molar-refractivity contribution in [2.24, 2.45) is 5.41 Å². The molecule has 6 heteroatoms. The van der Waals surface area contributed by atoms with Crippen molar-refractivity contribution in [3.05, 3.63) is 42.2 Å². The Morgan fingerprint density at radius 3 is 2.91 bits per heavy atom. The van der Waals surface area contributed by atoms with Crippen LogP contribution in [-0.4, -0.2) is 22.3 Å². The van der Waals surface area contributed by atoms with E-state index < -0.39 is 5.41 Å². The van der Waals surface area contributed by atoms with Crippen LogP contribution in [0, 0.1) is 16.7 Å². The van der Waals surface area contributed by atoms with Gasteiger partial charge < -0.3 is 10.1 Å². The molecule has 0 aliphatic heterocycles. The van der Waals surface area contributed by atoms with Gasteiger partial charge in [-0.25, -0.2) is 0 Å². The number of nitrogens with zero attached hydrogens (tertiary/aromatic N) is 3. The summed E-state index contributed by atoms with van der Waals surface area (Å²) in [5, 5.41) is 15.9. The minimum atomic E-state index is -0.447. The topological polar surface area (TPSA) is 79.9 Å². The van der Waals surface area contributed by atoms with Gasteiger partial charge in [-0.2, -0.15) is 10.4 Å². The van der Waals surface area contributed by atoms with Crippen LogP contribution in [0.5, 0.6) is 5.75 Å². The molecule has 0 aliphatic carbocycles. The maximum absolute atomic E-state index is 11.9. The summed E-state index contributed by atoms with van der Waals surface area (Å²) in [6.07, 6.45) is 3.37. The predicted molar refractivity (Wildman–Crippen MR) is 87.0 cm³/mol. The lowest BCUT2D eigenvalue weighted by Gasteiger charge is -2.16. The smallest absolute Gasteiger partial charge is 0.229 e. The van der Waals surface area contributed by atoms with Crippen LogP contribution >= 0.6 is 0 Å². The fraction of sp³-hybridized carbons (Fsp3) is 0.353. The van der Waals surface area contributed by atoms with Crippen LogP contribution in [0.2, 0.25) is 0 Å². The van der Waals surface area contributed by atoms with E-state index in [1.54, 1.807) is 41.3 Å². The van der Waals surface area contributed by atoms with E-state index in [9.17, 15) is 4.79 Å². The third-order valence-corrected chi connectivity index (χ3v) is 3.12. The van der Waals surface area contributed by atoms with Crippen LogP contribution in [0.15, 0.2) is 36.7 Å². The fourth-order valence-corrected chi connectivity index (χ4v) is 1.78. The van der Waals surface area contributed by atoms with Crippen LogP contribution in [0.25, 0.3) is 0 Å². The predicted octanol–water partition coefficient (Wildman–Crippen LogP) is 2.82. The van der Waals surface area contributed by atoms with Gasteiger partial charge in [-0.15, -0.1) is 0 Å². The number of anilines is 1. The van der Waals surface area contributed by atoms with Crippen molar-refractivity contribution < 1.29 is 9.53 Å². The average Bonchev–Trinajstić information content (AvgIpc) is 2.94. The highest BCUT2D eigenvalue weighted by atomic mass is 16.5. The molecular formula is C17H20N4O2. The Morgan fingerprint density at radius 2 is 2.22 bits per heavy atom. The number of aromatic nitrogens is 2. The maximum atomic E-state index is 11.9. The highest BCUT2D eigenvalue weighted by Gasteiger charge is 2.21. The number of hydrogen-bond acceptors (Lipinski definition) is 4. The third-order valence-electron chi connectivity index (χ3n) is 3.12. The normalized spacial score (nSPS) is 10.9. The van der Waals surface area contributed by atoms with Crippen LogP contribution < -0.4 is 10.1 Å². The molecule has 0 atom stereocenters. The van der Waals surface area contributed by atoms with Gasteiger partial charge in [-0.3, -0.25) is 9.48 Å². The summed E-state index contributed by atoms with van der Waals surface area (Å²) in [6, 6.07) is 9.07. The summed E-state index contributed by atoms with van der Waals surface area (Å²) in [4.78, 5) is 11.9. The Labute approximate surface area is 135 Å². The van der Waals surface area contributed by atoms with E-state index in [1.165, 1.54) is 0 Å². The van der Waals surface area contributed by atoms with Crippen LogP contribution in [-0.2, 0) is 11.3 Å². The lowest BCUT2D eigenvalue weighted by molar-refractivity contribution is -0.123. The molecule has 120 valence electrons. The summed E-state index contributed by atoms with van der Waals surface area (Å²) in [5.74, 6) is 0.596. The second-order valence-electron chi connectivity index (χ2n) is 6.18. The molecule has 0 saturated heterocycles. The Kier molecular flexibility index (Phi) is 5.02. The quantitative estimate of drug-likeness (QED) is 0.920. The molecule has 2 aromatic rings. The maximum Gasteiger partial charge on any atom is 0.229 e. The molecule has 1 aromatic heterocycles. The summed E-state index contributed by atoms with van der Waals surface area (Å²) in [6.45, 7) is 6.53. The Balaban J connectivity index is 1.85. The molecular weight excluding hydrogens is 292 g/mol. The Bertz CT molecular complexity index is 723. The summed E-state index contributed by atoms with van der Waals surface area (Å²) >= 11 is 0. The molecule has 0 aliphatic rings. The number of carbonyl (C=O) groups excluding carboxylic acids is 1. The minimum absolute atomic E-state index is 0.0541. The van der Waals surface area contributed by atoms with Gasteiger partial charge in [-0.05, 0) is 18.2 Å². The molecule has 0 spiro atoms. The largest absolute Gasteiger partial charge is 0.492 e. The van der Waals surface area contributed by atoms with Crippen molar-refractivity contribution in [1.29, 1.82) is 5.26 Å². The van der Waals surface area contributed by atoms with Crippen molar-refractivity contribution >= 4 is 11.6 Å². The molecule has 1 aromatic carbocycles. The summed E-state index contributed by atoms with van der Waals surface area (Å²) < 4.78 is 7.30. The van der Waals surface area contributed by atoms with Gasteiger partial charge in [0.1, 0.15) is 12.4 Å². The van der Waals surface area contributed by atoms with Crippen molar-refractivity contribution in [2.45, 2.75) is 27.3 Å². The van der Waals surface area contributed by atoms with E-state index in [0.29, 0.717) is 30.2 Å². The molecule has 1 amide bonds. The first-order valence-corrected chi connectivity index (χ1v) is 7.35. The zero-order valence-corrected chi connectivity index (χ0v) is 13.5. The van der Waals surface area contributed by atoms with Crippen LogP contribution in [0.4, 0.5) is 5.69 Å². The van der Waals surface area contributed by atoms with E-state index in [1.807, 2.05) is 20.8 Å². The Morgan fingerprint density at radius 1 is 1.43 bits per heavy atom. The molecule has 0 bridgehead atoms. The minimum Gasteiger partial charge on any atom is -0.492 e. The number of hydrogen-bond donors (Lipinski definition) is 1. The Hall–Kier alpha value is -2.81. The number of carbonyl (C=O) groups is 1. The lowest BCUT2D eigenvalue weighted by Crippen LogP contribution is -2.27. The van der Waals surface area contributed by atoms with Crippen molar-refractivity contribution in [3.63, 3.8) is 0 Å². The van der Waals surface area contributed by atoms with Gasteiger partial charge in [-0.1, -0.05) is 26.8 Å². The van der Waals surface area contributed by atoms with Crippen LogP contribution in [0.3, 0.4) is 0 Å². The second kappa shape index (κ2) is 6.97. The number of amides is 1. The summed E-state index contributed by atoms with van der Waals surface area (Å²) in [5.41, 5.74) is 0.780. The number of nitriles is 1. The number of ether oxygens (including phenoxy) is 1.